The highest BCUT2D eigenvalue weighted by molar-refractivity contribution is 7.09. The predicted molar refractivity (Wildman–Crippen MR) is 87.9 cm³/mol. The van der Waals surface area contributed by atoms with Gasteiger partial charge in [0.1, 0.15) is 0 Å². The molecule has 1 aromatic heterocycles. The Hall–Kier alpha value is -2.14. The molecular weight excluding hydrogens is 298 g/mol. The van der Waals surface area contributed by atoms with Gasteiger partial charge in [0, 0.05) is 17.0 Å². The summed E-state index contributed by atoms with van der Waals surface area (Å²) in [5.74, 6) is -0.662. The molecule has 116 valence electrons. The standard InChI is InChI=1S/C17H19NO3S/c1-13(17(20)18-14-7-3-2-4-8-14)21-16(19)11-5-9-15-10-6-12-22-15/h2-4,6-8,10,12-13H,5,9,11H2,1H3,(H,18,20)/t13-/m0/s1. The van der Waals surface area contributed by atoms with Gasteiger partial charge in [0.05, 0.1) is 0 Å². The lowest BCUT2D eigenvalue weighted by molar-refractivity contribution is -0.153. The lowest BCUT2D eigenvalue weighted by atomic mass is 10.2. The third kappa shape index (κ3) is 5.33. The molecule has 1 heterocycles. The molecule has 22 heavy (non-hydrogen) atoms. The van der Waals surface area contributed by atoms with E-state index < -0.39 is 6.10 Å². The van der Waals surface area contributed by atoms with Crippen molar-refractivity contribution in [3.63, 3.8) is 0 Å². The zero-order valence-electron chi connectivity index (χ0n) is 12.5. The molecule has 0 bridgehead atoms. The third-order valence-corrected chi connectivity index (χ3v) is 4.04. The molecule has 1 N–H and O–H groups in total. The fourth-order valence-electron chi connectivity index (χ4n) is 1.94. The van der Waals surface area contributed by atoms with Gasteiger partial charge in [0.15, 0.2) is 6.10 Å². The zero-order chi connectivity index (χ0) is 15.8. The number of hydrogen-bond donors (Lipinski definition) is 1. The normalized spacial score (nSPS) is 11.7. The second-order valence-corrected chi connectivity index (χ2v) is 5.95. The van der Waals surface area contributed by atoms with Crippen LogP contribution in [0.4, 0.5) is 5.69 Å². The van der Waals surface area contributed by atoms with Crippen LogP contribution >= 0.6 is 11.3 Å². The second-order valence-electron chi connectivity index (χ2n) is 4.92. The smallest absolute Gasteiger partial charge is 0.306 e. The van der Waals surface area contributed by atoms with Gasteiger partial charge in [-0.2, -0.15) is 0 Å². The first kappa shape index (κ1) is 16.2. The molecule has 2 aromatic rings. The first-order valence-corrected chi connectivity index (χ1v) is 8.11. The van der Waals surface area contributed by atoms with E-state index >= 15 is 0 Å². The van der Waals surface area contributed by atoms with E-state index in [0.717, 1.165) is 12.8 Å². The molecule has 1 aromatic carbocycles. The molecule has 1 amide bonds. The van der Waals surface area contributed by atoms with Crippen molar-refractivity contribution in [1.82, 2.24) is 0 Å². The summed E-state index contributed by atoms with van der Waals surface area (Å²) >= 11 is 1.68. The van der Waals surface area contributed by atoms with E-state index in [1.54, 1.807) is 30.4 Å². The fourth-order valence-corrected chi connectivity index (χ4v) is 2.69. The summed E-state index contributed by atoms with van der Waals surface area (Å²) in [6.07, 6.45) is 1.11. The van der Waals surface area contributed by atoms with Crippen LogP contribution < -0.4 is 5.32 Å². The lowest BCUT2D eigenvalue weighted by Crippen LogP contribution is -2.29. The summed E-state index contributed by atoms with van der Waals surface area (Å²) < 4.78 is 5.16. The second kappa shape index (κ2) is 8.34. The maximum absolute atomic E-state index is 11.9. The topological polar surface area (TPSA) is 55.4 Å². The average Bonchev–Trinajstić information content (AvgIpc) is 3.01. The van der Waals surface area contributed by atoms with Crippen LogP contribution in [0.15, 0.2) is 47.8 Å². The van der Waals surface area contributed by atoms with E-state index in [-0.39, 0.29) is 11.9 Å². The number of aryl methyl sites for hydroxylation is 1. The van der Waals surface area contributed by atoms with Crippen molar-refractivity contribution in [3.05, 3.63) is 52.7 Å². The molecule has 0 saturated heterocycles. The number of para-hydroxylation sites is 1. The Bertz CT molecular complexity index is 596. The summed E-state index contributed by atoms with van der Waals surface area (Å²) in [6, 6.07) is 13.1. The first-order valence-electron chi connectivity index (χ1n) is 7.23. The van der Waals surface area contributed by atoms with Gasteiger partial charge in [-0.15, -0.1) is 11.3 Å². The highest BCUT2D eigenvalue weighted by Gasteiger charge is 2.17. The Morgan fingerprint density at radius 3 is 2.64 bits per heavy atom. The van der Waals surface area contributed by atoms with Gasteiger partial charge in [-0.25, -0.2) is 0 Å². The first-order chi connectivity index (χ1) is 10.6. The van der Waals surface area contributed by atoms with E-state index in [1.807, 2.05) is 35.7 Å². The van der Waals surface area contributed by atoms with E-state index in [1.165, 1.54) is 4.88 Å². The Kier molecular flexibility index (Phi) is 6.15. The maximum Gasteiger partial charge on any atom is 0.306 e. The molecule has 0 aliphatic carbocycles. The number of ether oxygens (including phenoxy) is 1. The SMILES string of the molecule is C[C@H](OC(=O)CCCc1cccs1)C(=O)Nc1ccccc1. The van der Waals surface area contributed by atoms with Gasteiger partial charge in [-0.1, -0.05) is 24.3 Å². The van der Waals surface area contributed by atoms with Crippen LogP contribution in [0.5, 0.6) is 0 Å². The van der Waals surface area contributed by atoms with Crippen molar-refractivity contribution in [1.29, 1.82) is 0 Å². The van der Waals surface area contributed by atoms with Crippen LogP contribution in [0.3, 0.4) is 0 Å². The van der Waals surface area contributed by atoms with Gasteiger partial charge < -0.3 is 10.1 Å². The lowest BCUT2D eigenvalue weighted by Gasteiger charge is -2.13. The van der Waals surface area contributed by atoms with Crippen LogP contribution in [-0.2, 0) is 20.7 Å². The van der Waals surface area contributed by atoms with Crippen molar-refractivity contribution < 1.29 is 14.3 Å². The van der Waals surface area contributed by atoms with Gasteiger partial charge in [0.2, 0.25) is 0 Å². The highest BCUT2D eigenvalue weighted by atomic mass is 32.1. The largest absolute Gasteiger partial charge is 0.453 e. The quantitative estimate of drug-likeness (QED) is 0.793. The Balaban J connectivity index is 1.70. The van der Waals surface area contributed by atoms with Crippen LogP contribution in [0.1, 0.15) is 24.6 Å². The van der Waals surface area contributed by atoms with Crippen molar-refractivity contribution in [2.45, 2.75) is 32.3 Å². The van der Waals surface area contributed by atoms with E-state index in [9.17, 15) is 9.59 Å². The molecule has 0 aliphatic heterocycles. The number of anilines is 1. The van der Waals surface area contributed by atoms with Crippen LogP contribution in [-0.4, -0.2) is 18.0 Å². The number of thiophene rings is 1. The fraction of sp³-hybridized carbons (Fsp3) is 0.294. The Labute approximate surface area is 134 Å². The van der Waals surface area contributed by atoms with Crippen molar-refractivity contribution in [3.8, 4) is 0 Å². The van der Waals surface area contributed by atoms with Crippen molar-refractivity contribution >= 4 is 28.9 Å². The summed E-state index contributed by atoms with van der Waals surface area (Å²) in [4.78, 5) is 24.9. The van der Waals surface area contributed by atoms with Crippen molar-refractivity contribution in [2.75, 3.05) is 5.32 Å². The third-order valence-electron chi connectivity index (χ3n) is 3.10. The minimum atomic E-state index is -0.797. The summed E-state index contributed by atoms with van der Waals surface area (Å²) in [7, 11) is 0. The van der Waals surface area contributed by atoms with E-state index in [0.29, 0.717) is 12.1 Å². The molecule has 0 spiro atoms. The monoisotopic (exact) mass is 317 g/mol. The number of amides is 1. The Morgan fingerprint density at radius 1 is 1.18 bits per heavy atom. The van der Waals surface area contributed by atoms with Gasteiger partial charge >= 0.3 is 5.97 Å². The molecule has 0 unspecified atom stereocenters. The van der Waals surface area contributed by atoms with Crippen LogP contribution in [0, 0.1) is 0 Å². The molecular formula is C17H19NO3S. The van der Waals surface area contributed by atoms with E-state index in [2.05, 4.69) is 5.32 Å². The zero-order valence-corrected chi connectivity index (χ0v) is 13.3. The molecule has 4 nitrogen and oxygen atoms in total. The number of benzene rings is 1. The highest BCUT2D eigenvalue weighted by Crippen LogP contribution is 2.13. The number of nitrogens with one attached hydrogen (secondary N) is 1. The molecule has 0 saturated carbocycles. The maximum atomic E-state index is 11.9. The minimum Gasteiger partial charge on any atom is -0.453 e. The van der Waals surface area contributed by atoms with Gasteiger partial charge in [0.25, 0.3) is 5.91 Å². The predicted octanol–water partition coefficient (Wildman–Crippen LogP) is 3.64. The number of rotatable bonds is 7. The van der Waals surface area contributed by atoms with Gasteiger partial charge in [-0.05, 0) is 43.3 Å². The Morgan fingerprint density at radius 2 is 1.95 bits per heavy atom. The summed E-state index contributed by atoms with van der Waals surface area (Å²) in [5.41, 5.74) is 0.688. The summed E-state index contributed by atoms with van der Waals surface area (Å²) in [5, 5.41) is 4.73. The molecule has 2 rings (SSSR count). The average molecular weight is 317 g/mol. The number of carbonyl (C=O) groups excluding carboxylic acids is 2. The van der Waals surface area contributed by atoms with Crippen LogP contribution in [0.2, 0.25) is 0 Å². The number of hydrogen-bond acceptors (Lipinski definition) is 4. The summed E-state index contributed by atoms with van der Waals surface area (Å²) in [6.45, 7) is 1.58. The minimum absolute atomic E-state index is 0.320. The molecule has 0 aliphatic rings. The molecule has 5 heteroatoms. The van der Waals surface area contributed by atoms with Crippen molar-refractivity contribution in [2.24, 2.45) is 0 Å². The number of esters is 1. The number of carbonyl (C=O) groups is 2. The molecule has 0 radical (unpaired) electrons. The van der Waals surface area contributed by atoms with E-state index in [4.69, 9.17) is 4.74 Å². The van der Waals surface area contributed by atoms with Crippen LogP contribution in [0.25, 0.3) is 0 Å². The molecule has 0 fully saturated rings. The molecule has 1 atom stereocenters. The van der Waals surface area contributed by atoms with Gasteiger partial charge in [-0.3, -0.25) is 9.59 Å².